The zero-order valence-corrected chi connectivity index (χ0v) is 16.6. The fraction of sp³-hybridized carbons (Fsp3) is 0.714. The Kier molecular flexibility index (Phi) is 6.92. The van der Waals surface area contributed by atoms with Crippen LogP contribution in [0.1, 0.15) is 18.4 Å². The molecule has 0 aliphatic carbocycles. The summed E-state index contributed by atoms with van der Waals surface area (Å²) in [6.45, 7) is 8.40. The normalized spacial score (nSPS) is 23.6. The van der Waals surface area contributed by atoms with E-state index in [2.05, 4.69) is 28.0 Å². The Morgan fingerprint density at radius 2 is 1.88 bits per heavy atom. The largest absolute Gasteiger partial charge is 0.497 e. The van der Waals surface area contributed by atoms with Crippen LogP contribution in [-0.4, -0.2) is 77.1 Å². The molecule has 0 unspecified atom stereocenters. The number of benzene rings is 1. The molecule has 0 N–H and O–H groups in total. The molecular formula is C21H34N2O3. The first-order valence-corrected chi connectivity index (χ1v) is 9.74. The Morgan fingerprint density at radius 1 is 1.08 bits per heavy atom. The topological polar surface area (TPSA) is 34.2 Å². The number of ether oxygens (including phenoxy) is 3. The molecule has 0 bridgehead atoms. The summed E-state index contributed by atoms with van der Waals surface area (Å²) in [5.74, 6) is 1.59. The molecule has 5 nitrogen and oxygen atoms in total. The van der Waals surface area contributed by atoms with Crippen LogP contribution < -0.4 is 4.74 Å². The smallest absolute Gasteiger partial charge is 0.119 e. The SMILES string of the molecule is COCCN1C[C@@H](COC)C2(CCN(Cc3cccc(OC)c3)CC2)C1. The molecule has 0 saturated carbocycles. The van der Waals surface area contributed by atoms with Gasteiger partial charge in [0.2, 0.25) is 0 Å². The third kappa shape index (κ3) is 4.58. The summed E-state index contributed by atoms with van der Waals surface area (Å²) in [5.41, 5.74) is 1.75. The summed E-state index contributed by atoms with van der Waals surface area (Å²) in [6.07, 6.45) is 2.52. The standard InChI is InChI=1S/C21H34N2O3/c1-24-12-11-23-15-19(16-25-2)21(17-23)7-9-22(10-8-21)14-18-5-4-6-20(13-18)26-3/h4-6,13,19H,7-12,14-17H2,1-3H3/t19-/m0/s1. The third-order valence-electron chi connectivity index (χ3n) is 6.25. The highest BCUT2D eigenvalue weighted by molar-refractivity contribution is 5.28. The molecule has 0 radical (unpaired) electrons. The van der Waals surface area contributed by atoms with Crippen LogP contribution in [0.5, 0.6) is 5.75 Å². The van der Waals surface area contributed by atoms with Crippen molar-refractivity contribution >= 4 is 0 Å². The average molecular weight is 363 g/mol. The first-order valence-electron chi connectivity index (χ1n) is 9.74. The molecule has 0 aromatic heterocycles. The molecule has 3 rings (SSSR count). The highest BCUT2D eigenvalue weighted by Gasteiger charge is 2.47. The fourth-order valence-electron chi connectivity index (χ4n) is 4.72. The molecule has 1 atom stereocenters. The number of piperidine rings is 1. The minimum atomic E-state index is 0.411. The van der Waals surface area contributed by atoms with Crippen molar-refractivity contribution in [2.75, 3.05) is 67.3 Å². The van der Waals surface area contributed by atoms with Gasteiger partial charge in [-0.15, -0.1) is 0 Å². The maximum Gasteiger partial charge on any atom is 0.119 e. The van der Waals surface area contributed by atoms with Crippen molar-refractivity contribution in [3.05, 3.63) is 29.8 Å². The third-order valence-corrected chi connectivity index (χ3v) is 6.25. The van der Waals surface area contributed by atoms with E-state index in [4.69, 9.17) is 14.2 Å². The van der Waals surface area contributed by atoms with E-state index in [-0.39, 0.29) is 0 Å². The summed E-state index contributed by atoms with van der Waals surface area (Å²) >= 11 is 0. The van der Waals surface area contributed by atoms with Crippen LogP contribution in [0.15, 0.2) is 24.3 Å². The summed E-state index contributed by atoms with van der Waals surface area (Å²) in [5, 5.41) is 0. The maximum atomic E-state index is 5.57. The molecule has 5 heteroatoms. The quantitative estimate of drug-likeness (QED) is 0.710. The van der Waals surface area contributed by atoms with Gasteiger partial charge in [0.05, 0.1) is 20.3 Å². The fourth-order valence-corrected chi connectivity index (χ4v) is 4.72. The maximum absolute atomic E-state index is 5.57. The molecule has 1 aromatic rings. The summed E-state index contributed by atoms with van der Waals surface area (Å²) in [7, 11) is 5.36. The molecule has 2 saturated heterocycles. The van der Waals surface area contributed by atoms with E-state index in [1.54, 1.807) is 14.2 Å². The molecule has 1 aromatic carbocycles. The zero-order valence-electron chi connectivity index (χ0n) is 16.6. The number of rotatable bonds is 8. The first kappa shape index (κ1) is 19.6. The molecule has 2 fully saturated rings. The second-order valence-electron chi connectivity index (χ2n) is 7.87. The van der Waals surface area contributed by atoms with Crippen molar-refractivity contribution in [2.45, 2.75) is 19.4 Å². The lowest BCUT2D eigenvalue weighted by molar-refractivity contribution is 0.0348. The molecule has 2 aliphatic heterocycles. The van der Waals surface area contributed by atoms with Gasteiger partial charge in [0.25, 0.3) is 0 Å². The van der Waals surface area contributed by atoms with Crippen LogP contribution in [0.2, 0.25) is 0 Å². The number of hydrogen-bond donors (Lipinski definition) is 0. The van der Waals surface area contributed by atoms with Crippen LogP contribution in [-0.2, 0) is 16.0 Å². The van der Waals surface area contributed by atoms with Gasteiger partial charge in [0.1, 0.15) is 5.75 Å². The Bertz CT molecular complexity index is 558. The van der Waals surface area contributed by atoms with E-state index in [0.717, 1.165) is 51.7 Å². The van der Waals surface area contributed by atoms with Gasteiger partial charge in [0.15, 0.2) is 0 Å². The summed E-state index contributed by atoms with van der Waals surface area (Å²) < 4.78 is 16.2. The van der Waals surface area contributed by atoms with Crippen LogP contribution in [0.4, 0.5) is 0 Å². The van der Waals surface area contributed by atoms with E-state index >= 15 is 0 Å². The van der Waals surface area contributed by atoms with Gasteiger partial charge in [-0.2, -0.15) is 0 Å². The average Bonchev–Trinajstić information content (AvgIpc) is 2.99. The number of likely N-dealkylation sites (tertiary alicyclic amines) is 2. The number of nitrogens with zero attached hydrogens (tertiary/aromatic N) is 2. The molecule has 146 valence electrons. The number of hydrogen-bond acceptors (Lipinski definition) is 5. The van der Waals surface area contributed by atoms with E-state index in [1.165, 1.54) is 24.9 Å². The lowest BCUT2D eigenvalue weighted by Crippen LogP contribution is -2.45. The lowest BCUT2D eigenvalue weighted by Gasteiger charge is -2.42. The Balaban J connectivity index is 1.58. The van der Waals surface area contributed by atoms with Crippen molar-refractivity contribution in [1.29, 1.82) is 0 Å². The molecule has 1 spiro atoms. The van der Waals surface area contributed by atoms with Crippen molar-refractivity contribution in [2.24, 2.45) is 11.3 Å². The van der Waals surface area contributed by atoms with E-state index < -0.39 is 0 Å². The zero-order chi connectivity index (χ0) is 18.4. The van der Waals surface area contributed by atoms with E-state index in [0.29, 0.717) is 11.3 Å². The second-order valence-corrected chi connectivity index (χ2v) is 7.87. The monoisotopic (exact) mass is 362 g/mol. The Morgan fingerprint density at radius 3 is 2.58 bits per heavy atom. The van der Waals surface area contributed by atoms with Crippen LogP contribution in [0.25, 0.3) is 0 Å². The highest BCUT2D eigenvalue weighted by atomic mass is 16.5. The van der Waals surface area contributed by atoms with E-state index in [9.17, 15) is 0 Å². The Hall–Kier alpha value is -1.14. The van der Waals surface area contributed by atoms with Gasteiger partial charge in [0, 0.05) is 46.3 Å². The second kappa shape index (κ2) is 9.18. The summed E-state index contributed by atoms with van der Waals surface area (Å²) in [4.78, 5) is 5.16. The van der Waals surface area contributed by atoms with Gasteiger partial charge < -0.3 is 19.1 Å². The van der Waals surface area contributed by atoms with Crippen molar-refractivity contribution in [1.82, 2.24) is 9.80 Å². The minimum Gasteiger partial charge on any atom is -0.497 e. The van der Waals surface area contributed by atoms with Crippen LogP contribution >= 0.6 is 0 Å². The van der Waals surface area contributed by atoms with E-state index in [1.807, 2.05) is 13.2 Å². The van der Waals surface area contributed by atoms with Crippen molar-refractivity contribution in [3.63, 3.8) is 0 Å². The lowest BCUT2D eigenvalue weighted by atomic mass is 9.71. The van der Waals surface area contributed by atoms with Gasteiger partial charge >= 0.3 is 0 Å². The molecule has 2 aliphatic rings. The predicted molar refractivity (Wildman–Crippen MR) is 104 cm³/mol. The van der Waals surface area contributed by atoms with Gasteiger partial charge in [-0.1, -0.05) is 12.1 Å². The molecule has 2 heterocycles. The van der Waals surface area contributed by atoms with Crippen LogP contribution in [0.3, 0.4) is 0 Å². The number of methoxy groups -OCH3 is 3. The van der Waals surface area contributed by atoms with Crippen molar-refractivity contribution < 1.29 is 14.2 Å². The van der Waals surface area contributed by atoms with Crippen molar-refractivity contribution in [3.8, 4) is 5.75 Å². The highest BCUT2D eigenvalue weighted by Crippen LogP contribution is 2.45. The molecule has 0 amide bonds. The summed E-state index contributed by atoms with van der Waals surface area (Å²) in [6, 6.07) is 8.44. The van der Waals surface area contributed by atoms with Gasteiger partial charge in [-0.25, -0.2) is 0 Å². The van der Waals surface area contributed by atoms with Gasteiger partial charge in [-0.05, 0) is 49.0 Å². The minimum absolute atomic E-state index is 0.411. The molecular weight excluding hydrogens is 328 g/mol. The molecule has 26 heavy (non-hydrogen) atoms. The first-order chi connectivity index (χ1) is 12.7. The van der Waals surface area contributed by atoms with Crippen LogP contribution in [0, 0.1) is 11.3 Å². The predicted octanol–water partition coefficient (Wildman–Crippen LogP) is 2.50. The van der Waals surface area contributed by atoms with Gasteiger partial charge in [-0.3, -0.25) is 4.90 Å². The Labute approximate surface area is 158 Å².